The molecule has 0 atom stereocenters. The number of rotatable bonds is 3. The third kappa shape index (κ3) is 3.82. The summed E-state index contributed by atoms with van der Waals surface area (Å²) in [6.07, 6.45) is 2.37. The summed E-state index contributed by atoms with van der Waals surface area (Å²) >= 11 is 5.93. The topological polar surface area (TPSA) is 58.4 Å². The largest absolute Gasteiger partial charge is 0.397 e. The van der Waals surface area contributed by atoms with Crippen LogP contribution in [0.3, 0.4) is 0 Å². The van der Waals surface area contributed by atoms with Crippen molar-refractivity contribution >= 4 is 34.6 Å². The van der Waals surface area contributed by atoms with E-state index in [2.05, 4.69) is 17.1 Å². The first-order valence-electron chi connectivity index (χ1n) is 8.24. The van der Waals surface area contributed by atoms with Crippen LogP contribution in [-0.4, -0.2) is 19.0 Å². The van der Waals surface area contributed by atoms with E-state index in [9.17, 15) is 4.79 Å². The molecule has 126 valence electrons. The van der Waals surface area contributed by atoms with Gasteiger partial charge in [-0.25, -0.2) is 0 Å². The molecule has 0 bridgehead atoms. The number of hydrogen-bond donors (Lipinski definition) is 2. The lowest BCUT2D eigenvalue weighted by molar-refractivity contribution is 0.102. The number of amides is 1. The molecule has 0 spiro atoms. The number of nitrogen functional groups attached to an aromatic ring is 1. The number of benzene rings is 2. The first-order chi connectivity index (χ1) is 11.5. The van der Waals surface area contributed by atoms with Crippen molar-refractivity contribution < 1.29 is 4.79 Å². The smallest absolute Gasteiger partial charge is 0.255 e. The summed E-state index contributed by atoms with van der Waals surface area (Å²) in [6.45, 7) is 4.34. The molecule has 1 amide bonds. The lowest BCUT2D eigenvalue weighted by atomic mass is 9.98. The number of halogens is 1. The van der Waals surface area contributed by atoms with Gasteiger partial charge in [-0.05, 0) is 55.2 Å². The number of carbonyl (C=O) groups excluding carboxylic acids is 1. The first-order valence-corrected chi connectivity index (χ1v) is 8.62. The molecule has 1 aliphatic heterocycles. The van der Waals surface area contributed by atoms with Crippen LogP contribution < -0.4 is 16.0 Å². The summed E-state index contributed by atoms with van der Waals surface area (Å²) in [7, 11) is 0. The molecule has 3 rings (SSSR count). The summed E-state index contributed by atoms with van der Waals surface area (Å²) in [6, 6.07) is 12.6. The molecule has 0 saturated carbocycles. The number of hydrogen-bond acceptors (Lipinski definition) is 3. The predicted octanol–water partition coefficient (Wildman–Crippen LogP) is 4.41. The fourth-order valence-corrected chi connectivity index (χ4v) is 3.19. The number of anilines is 3. The molecule has 0 aromatic heterocycles. The lowest BCUT2D eigenvalue weighted by Crippen LogP contribution is -2.33. The molecular weight excluding hydrogens is 322 g/mol. The predicted molar refractivity (Wildman–Crippen MR) is 101 cm³/mol. The highest BCUT2D eigenvalue weighted by molar-refractivity contribution is 6.31. The molecule has 1 fully saturated rings. The van der Waals surface area contributed by atoms with E-state index in [-0.39, 0.29) is 5.91 Å². The fourth-order valence-electron chi connectivity index (χ4n) is 3.00. The Hall–Kier alpha value is -2.20. The number of nitrogens with two attached hydrogens (primary N) is 1. The second-order valence-corrected chi connectivity index (χ2v) is 6.84. The van der Waals surface area contributed by atoms with Gasteiger partial charge >= 0.3 is 0 Å². The minimum atomic E-state index is -0.198. The molecule has 5 heteroatoms. The molecule has 0 radical (unpaired) electrons. The zero-order chi connectivity index (χ0) is 17.1. The normalized spacial score (nSPS) is 15.3. The monoisotopic (exact) mass is 343 g/mol. The van der Waals surface area contributed by atoms with E-state index in [0.717, 1.165) is 24.7 Å². The molecule has 1 saturated heterocycles. The maximum atomic E-state index is 12.3. The minimum Gasteiger partial charge on any atom is -0.397 e. The molecule has 1 aliphatic rings. The Morgan fingerprint density at radius 2 is 1.96 bits per heavy atom. The fraction of sp³-hybridized carbons (Fsp3) is 0.316. The van der Waals surface area contributed by atoms with Gasteiger partial charge in [0.05, 0.1) is 11.4 Å². The zero-order valence-electron chi connectivity index (χ0n) is 13.8. The summed E-state index contributed by atoms with van der Waals surface area (Å²) < 4.78 is 0. The van der Waals surface area contributed by atoms with Crippen LogP contribution in [0.25, 0.3) is 0 Å². The van der Waals surface area contributed by atoms with Crippen LogP contribution in [0.2, 0.25) is 5.02 Å². The number of nitrogens with zero attached hydrogens (tertiary/aromatic N) is 1. The van der Waals surface area contributed by atoms with Crippen LogP contribution in [0.4, 0.5) is 17.1 Å². The maximum Gasteiger partial charge on any atom is 0.255 e. The SMILES string of the molecule is CC1CCN(c2ccc(NC(=O)c3cccc(Cl)c3)cc2N)CC1. The van der Waals surface area contributed by atoms with E-state index in [4.69, 9.17) is 17.3 Å². The van der Waals surface area contributed by atoms with Crippen molar-refractivity contribution in [2.24, 2.45) is 5.92 Å². The Morgan fingerprint density at radius 3 is 2.62 bits per heavy atom. The molecular formula is C19H22ClN3O. The van der Waals surface area contributed by atoms with Gasteiger partial charge in [0.25, 0.3) is 5.91 Å². The van der Waals surface area contributed by atoms with Crippen LogP contribution >= 0.6 is 11.6 Å². The van der Waals surface area contributed by atoms with Crippen molar-refractivity contribution in [2.45, 2.75) is 19.8 Å². The van der Waals surface area contributed by atoms with Gasteiger partial charge < -0.3 is 16.0 Å². The molecule has 24 heavy (non-hydrogen) atoms. The second kappa shape index (κ2) is 7.14. The van der Waals surface area contributed by atoms with Crippen molar-refractivity contribution in [3.8, 4) is 0 Å². The van der Waals surface area contributed by atoms with E-state index < -0.39 is 0 Å². The van der Waals surface area contributed by atoms with Crippen molar-refractivity contribution in [3.63, 3.8) is 0 Å². The Labute approximate surface area is 147 Å². The van der Waals surface area contributed by atoms with Gasteiger partial charge in [0.2, 0.25) is 0 Å². The Kier molecular flexibility index (Phi) is 4.95. The van der Waals surface area contributed by atoms with Crippen LogP contribution in [-0.2, 0) is 0 Å². The van der Waals surface area contributed by atoms with E-state index in [1.807, 2.05) is 18.2 Å². The van der Waals surface area contributed by atoms with E-state index in [1.165, 1.54) is 12.8 Å². The van der Waals surface area contributed by atoms with Gasteiger partial charge in [-0.3, -0.25) is 4.79 Å². The number of carbonyl (C=O) groups is 1. The molecule has 3 N–H and O–H groups in total. The molecule has 0 aliphatic carbocycles. The third-order valence-corrected chi connectivity index (χ3v) is 4.73. The van der Waals surface area contributed by atoms with Gasteiger partial charge in [-0.1, -0.05) is 24.6 Å². The quantitative estimate of drug-likeness (QED) is 0.811. The Morgan fingerprint density at radius 1 is 1.21 bits per heavy atom. The minimum absolute atomic E-state index is 0.198. The molecule has 0 unspecified atom stereocenters. The van der Waals surface area contributed by atoms with Gasteiger partial charge in [-0.2, -0.15) is 0 Å². The molecule has 2 aromatic carbocycles. The van der Waals surface area contributed by atoms with Crippen molar-refractivity contribution in [3.05, 3.63) is 53.1 Å². The van der Waals surface area contributed by atoms with E-state index in [0.29, 0.717) is 22.0 Å². The molecule has 2 aromatic rings. The van der Waals surface area contributed by atoms with Crippen LogP contribution in [0.1, 0.15) is 30.1 Å². The summed E-state index contributed by atoms with van der Waals surface area (Å²) in [5.41, 5.74) is 9.15. The van der Waals surface area contributed by atoms with Crippen LogP contribution in [0, 0.1) is 5.92 Å². The summed E-state index contributed by atoms with van der Waals surface area (Å²) in [5, 5.41) is 3.41. The number of piperidine rings is 1. The molecule has 1 heterocycles. The summed E-state index contributed by atoms with van der Waals surface area (Å²) in [4.78, 5) is 14.6. The molecule has 4 nitrogen and oxygen atoms in total. The number of nitrogens with one attached hydrogen (secondary N) is 1. The maximum absolute atomic E-state index is 12.3. The summed E-state index contributed by atoms with van der Waals surface area (Å²) in [5.74, 6) is 0.579. The van der Waals surface area contributed by atoms with Crippen molar-refractivity contribution in [1.29, 1.82) is 0 Å². The highest BCUT2D eigenvalue weighted by Crippen LogP contribution is 2.30. The van der Waals surface area contributed by atoms with Crippen molar-refractivity contribution in [2.75, 3.05) is 29.0 Å². The average Bonchev–Trinajstić information content (AvgIpc) is 2.56. The van der Waals surface area contributed by atoms with Crippen LogP contribution in [0.5, 0.6) is 0 Å². The second-order valence-electron chi connectivity index (χ2n) is 6.41. The van der Waals surface area contributed by atoms with Gasteiger partial charge in [0, 0.05) is 29.4 Å². The standard InChI is InChI=1S/C19H22ClN3O/c1-13-7-9-23(10-8-13)18-6-5-16(12-17(18)21)22-19(24)14-3-2-4-15(20)11-14/h2-6,11-13H,7-10,21H2,1H3,(H,22,24). The van der Waals surface area contributed by atoms with E-state index in [1.54, 1.807) is 24.3 Å². The van der Waals surface area contributed by atoms with Gasteiger partial charge in [-0.15, -0.1) is 0 Å². The first kappa shape index (κ1) is 16.7. The average molecular weight is 344 g/mol. The van der Waals surface area contributed by atoms with Gasteiger partial charge in [0.15, 0.2) is 0 Å². The Balaban J connectivity index is 1.71. The van der Waals surface area contributed by atoms with E-state index >= 15 is 0 Å². The highest BCUT2D eigenvalue weighted by Gasteiger charge is 2.18. The third-order valence-electron chi connectivity index (χ3n) is 4.50. The Bertz CT molecular complexity index is 739. The van der Waals surface area contributed by atoms with Crippen molar-refractivity contribution in [1.82, 2.24) is 0 Å². The lowest BCUT2D eigenvalue weighted by Gasteiger charge is -2.33. The van der Waals surface area contributed by atoms with Crippen LogP contribution in [0.15, 0.2) is 42.5 Å². The highest BCUT2D eigenvalue weighted by atomic mass is 35.5. The van der Waals surface area contributed by atoms with Gasteiger partial charge in [0.1, 0.15) is 0 Å². The zero-order valence-corrected chi connectivity index (χ0v) is 14.5.